The fourth-order valence-corrected chi connectivity index (χ4v) is 3.69. The molecular formula is C25H22O5. The quantitative estimate of drug-likeness (QED) is 0.471. The summed E-state index contributed by atoms with van der Waals surface area (Å²) in [5.41, 5.74) is 2.41. The number of hydrogen-bond donors (Lipinski definition) is 1. The molecule has 0 aliphatic carbocycles. The molecule has 0 amide bonds. The molecule has 5 heteroatoms. The van der Waals surface area contributed by atoms with E-state index in [4.69, 9.17) is 13.9 Å². The van der Waals surface area contributed by atoms with Crippen molar-refractivity contribution < 1.29 is 19.0 Å². The third-order valence-corrected chi connectivity index (χ3v) is 5.18. The Balaban J connectivity index is 1.97. The first-order valence-corrected chi connectivity index (χ1v) is 9.62. The number of ether oxygens (including phenoxy) is 2. The number of fused-ring (bicyclic) bond motifs is 1. The van der Waals surface area contributed by atoms with Crippen molar-refractivity contribution in [1.82, 2.24) is 0 Å². The van der Waals surface area contributed by atoms with Crippen molar-refractivity contribution in [2.75, 3.05) is 14.2 Å². The summed E-state index contributed by atoms with van der Waals surface area (Å²) in [5, 5.41) is 11.7. The molecule has 1 atom stereocenters. The van der Waals surface area contributed by atoms with E-state index in [0.29, 0.717) is 33.8 Å². The van der Waals surface area contributed by atoms with Crippen LogP contribution in [0.1, 0.15) is 17.2 Å². The van der Waals surface area contributed by atoms with Crippen molar-refractivity contribution >= 4 is 11.0 Å². The van der Waals surface area contributed by atoms with Crippen LogP contribution in [0, 0.1) is 0 Å². The molecule has 0 aliphatic rings. The zero-order chi connectivity index (χ0) is 21.1. The van der Waals surface area contributed by atoms with Gasteiger partial charge < -0.3 is 19.0 Å². The van der Waals surface area contributed by atoms with Crippen LogP contribution in [0.3, 0.4) is 0 Å². The predicted octanol–water partition coefficient (Wildman–Crippen LogP) is 4.75. The lowest BCUT2D eigenvalue weighted by molar-refractivity contribution is 0.179. The third kappa shape index (κ3) is 3.67. The van der Waals surface area contributed by atoms with Gasteiger partial charge in [0, 0.05) is 23.4 Å². The van der Waals surface area contributed by atoms with E-state index in [2.05, 4.69) is 0 Å². The van der Waals surface area contributed by atoms with Gasteiger partial charge in [-0.1, -0.05) is 48.5 Å². The summed E-state index contributed by atoms with van der Waals surface area (Å²) in [5.74, 6) is 1.15. The standard InChI is InChI=1S/C25H22O5/c1-28-17-12-13-18-20(15-21(26)16-8-4-3-5-9-16)24(25(27)30-23(18)14-17)19-10-6-7-11-22(19)29-2/h3-14,21,26H,15H2,1-2H3. The number of methoxy groups -OCH3 is 2. The number of aliphatic hydroxyl groups is 1. The molecule has 0 bridgehead atoms. The largest absolute Gasteiger partial charge is 0.497 e. The van der Waals surface area contributed by atoms with Crippen molar-refractivity contribution in [2.24, 2.45) is 0 Å². The monoisotopic (exact) mass is 402 g/mol. The predicted molar refractivity (Wildman–Crippen MR) is 116 cm³/mol. The number of aliphatic hydroxyl groups excluding tert-OH is 1. The first kappa shape index (κ1) is 19.7. The molecular weight excluding hydrogens is 380 g/mol. The molecule has 1 aromatic heterocycles. The van der Waals surface area contributed by atoms with Crippen molar-refractivity contribution in [3.05, 3.63) is 94.3 Å². The Bertz CT molecular complexity index is 1230. The van der Waals surface area contributed by atoms with Crippen LogP contribution in [-0.4, -0.2) is 19.3 Å². The van der Waals surface area contributed by atoms with Gasteiger partial charge in [0.2, 0.25) is 0 Å². The van der Waals surface area contributed by atoms with E-state index in [1.807, 2.05) is 60.7 Å². The summed E-state index contributed by atoms with van der Waals surface area (Å²) in [7, 11) is 3.12. The molecule has 1 unspecified atom stereocenters. The van der Waals surface area contributed by atoms with Crippen molar-refractivity contribution in [2.45, 2.75) is 12.5 Å². The third-order valence-electron chi connectivity index (χ3n) is 5.18. The molecule has 4 rings (SSSR count). The highest BCUT2D eigenvalue weighted by Crippen LogP contribution is 2.36. The zero-order valence-electron chi connectivity index (χ0n) is 16.8. The molecule has 0 saturated heterocycles. The molecule has 1 heterocycles. The molecule has 152 valence electrons. The van der Waals surface area contributed by atoms with Crippen LogP contribution in [0.5, 0.6) is 11.5 Å². The van der Waals surface area contributed by atoms with Gasteiger partial charge >= 0.3 is 5.63 Å². The van der Waals surface area contributed by atoms with Crippen LogP contribution in [0.25, 0.3) is 22.1 Å². The zero-order valence-corrected chi connectivity index (χ0v) is 16.8. The lowest BCUT2D eigenvalue weighted by Crippen LogP contribution is -2.12. The topological polar surface area (TPSA) is 68.9 Å². The highest BCUT2D eigenvalue weighted by molar-refractivity contribution is 5.89. The second-order valence-electron chi connectivity index (χ2n) is 6.94. The van der Waals surface area contributed by atoms with Crippen LogP contribution < -0.4 is 15.1 Å². The number of para-hydroxylation sites is 1. The summed E-state index contributed by atoms with van der Waals surface area (Å²) < 4.78 is 16.4. The van der Waals surface area contributed by atoms with E-state index in [1.165, 1.54) is 0 Å². The molecule has 0 fully saturated rings. The summed E-state index contributed by atoms with van der Waals surface area (Å²) in [6.45, 7) is 0. The van der Waals surface area contributed by atoms with Crippen LogP contribution in [0.15, 0.2) is 82.0 Å². The molecule has 1 N–H and O–H groups in total. The summed E-state index contributed by atoms with van der Waals surface area (Å²) >= 11 is 0. The SMILES string of the molecule is COc1ccc2c(CC(O)c3ccccc3)c(-c3ccccc3OC)c(=O)oc2c1. The van der Waals surface area contributed by atoms with E-state index >= 15 is 0 Å². The fourth-order valence-electron chi connectivity index (χ4n) is 3.69. The minimum atomic E-state index is -0.785. The average Bonchev–Trinajstić information content (AvgIpc) is 2.79. The van der Waals surface area contributed by atoms with Crippen LogP contribution >= 0.6 is 0 Å². The molecule has 4 aromatic rings. The van der Waals surface area contributed by atoms with E-state index in [1.54, 1.807) is 26.4 Å². The molecule has 0 spiro atoms. The second-order valence-corrected chi connectivity index (χ2v) is 6.94. The molecule has 0 radical (unpaired) electrons. The highest BCUT2D eigenvalue weighted by Gasteiger charge is 2.22. The maximum atomic E-state index is 13.1. The van der Waals surface area contributed by atoms with E-state index in [-0.39, 0.29) is 6.42 Å². The number of benzene rings is 3. The Morgan fingerprint density at radius 3 is 2.40 bits per heavy atom. The van der Waals surface area contributed by atoms with Gasteiger partial charge in [-0.15, -0.1) is 0 Å². The summed E-state index contributed by atoms with van der Waals surface area (Å²) in [6, 6.07) is 22.0. The average molecular weight is 402 g/mol. The minimum absolute atomic E-state index is 0.242. The number of rotatable bonds is 6. The maximum Gasteiger partial charge on any atom is 0.344 e. The van der Waals surface area contributed by atoms with Crippen molar-refractivity contribution in [3.8, 4) is 22.6 Å². The van der Waals surface area contributed by atoms with Gasteiger partial charge in [0.05, 0.1) is 25.9 Å². The highest BCUT2D eigenvalue weighted by atomic mass is 16.5. The first-order valence-electron chi connectivity index (χ1n) is 9.62. The maximum absolute atomic E-state index is 13.1. The van der Waals surface area contributed by atoms with Gasteiger partial charge in [-0.2, -0.15) is 0 Å². The van der Waals surface area contributed by atoms with Gasteiger partial charge in [0.1, 0.15) is 17.1 Å². The second kappa shape index (κ2) is 8.43. The smallest absolute Gasteiger partial charge is 0.344 e. The lowest BCUT2D eigenvalue weighted by atomic mass is 9.92. The minimum Gasteiger partial charge on any atom is -0.497 e. The van der Waals surface area contributed by atoms with Crippen LogP contribution in [-0.2, 0) is 6.42 Å². The molecule has 3 aromatic carbocycles. The Morgan fingerprint density at radius 2 is 1.67 bits per heavy atom. The first-order chi connectivity index (χ1) is 14.6. The van der Waals surface area contributed by atoms with Gasteiger partial charge in [-0.3, -0.25) is 0 Å². The summed E-state index contributed by atoms with van der Waals surface area (Å²) in [4.78, 5) is 13.1. The van der Waals surface area contributed by atoms with Crippen LogP contribution in [0.4, 0.5) is 0 Å². The van der Waals surface area contributed by atoms with Gasteiger partial charge in [0.15, 0.2) is 0 Å². The van der Waals surface area contributed by atoms with Gasteiger partial charge in [-0.05, 0) is 29.3 Å². The molecule has 5 nitrogen and oxygen atoms in total. The normalized spacial score (nSPS) is 12.0. The van der Waals surface area contributed by atoms with Crippen molar-refractivity contribution in [1.29, 1.82) is 0 Å². The summed E-state index contributed by atoms with van der Waals surface area (Å²) in [6.07, 6.45) is -0.544. The fraction of sp³-hybridized carbons (Fsp3) is 0.160. The van der Waals surface area contributed by atoms with Crippen molar-refractivity contribution in [3.63, 3.8) is 0 Å². The van der Waals surface area contributed by atoms with E-state index < -0.39 is 11.7 Å². The Morgan fingerprint density at radius 1 is 0.933 bits per heavy atom. The Labute approximate surface area is 174 Å². The molecule has 0 aliphatic heterocycles. The van der Waals surface area contributed by atoms with Gasteiger partial charge in [-0.25, -0.2) is 4.79 Å². The lowest BCUT2D eigenvalue weighted by Gasteiger charge is -2.17. The molecule has 30 heavy (non-hydrogen) atoms. The Kier molecular flexibility index (Phi) is 5.55. The van der Waals surface area contributed by atoms with Gasteiger partial charge in [0.25, 0.3) is 0 Å². The number of hydrogen-bond acceptors (Lipinski definition) is 5. The van der Waals surface area contributed by atoms with E-state index in [9.17, 15) is 9.90 Å². The molecule has 0 saturated carbocycles. The Hall–Kier alpha value is -3.57. The van der Waals surface area contributed by atoms with E-state index in [0.717, 1.165) is 10.9 Å². The van der Waals surface area contributed by atoms with Crippen LogP contribution in [0.2, 0.25) is 0 Å².